The van der Waals surface area contributed by atoms with Gasteiger partial charge in [-0.15, -0.1) is 11.3 Å². The van der Waals surface area contributed by atoms with Crippen molar-refractivity contribution in [3.8, 4) is 28.5 Å². The molecule has 0 amide bonds. The molecule has 4 heterocycles. The molecule has 0 spiro atoms. The molecular formula is C24H17N3O4S. The Balaban J connectivity index is 1.42. The summed E-state index contributed by atoms with van der Waals surface area (Å²) in [5.41, 5.74) is 3.19. The van der Waals surface area contributed by atoms with Crippen LogP contribution in [-0.4, -0.2) is 27.6 Å². The van der Waals surface area contributed by atoms with Gasteiger partial charge in [-0.3, -0.25) is 9.20 Å². The van der Waals surface area contributed by atoms with Crippen LogP contribution in [0.25, 0.3) is 27.0 Å². The van der Waals surface area contributed by atoms with Gasteiger partial charge in [-0.25, -0.2) is 9.97 Å². The lowest BCUT2D eigenvalue weighted by Gasteiger charge is -2.20. The first-order chi connectivity index (χ1) is 15.7. The van der Waals surface area contributed by atoms with Crippen LogP contribution in [-0.2, 0) is 6.61 Å². The zero-order valence-electron chi connectivity index (χ0n) is 16.9. The Morgan fingerprint density at radius 1 is 1.00 bits per heavy atom. The summed E-state index contributed by atoms with van der Waals surface area (Å²) in [5, 5.41) is 2.78. The Morgan fingerprint density at radius 2 is 1.81 bits per heavy atom. The van der Waals surface area contributed by atoms with Crippen molar-refractivity contribution < 1.29 is 14.2 Å². The highest BCUT2D eigenvalue weighted by Gasteiger charge is 2.17. The van der Waals surface area contributed by atoms with Gasteiger partial charge in [0.2, 0.25) is 5.88 Å². The third-order valence-corrected chi connectivity index (χ3v) is 6.01. The fourth-order valence-corrected chi connectivity index (χ4v) is 4.52. The molecule has 0 saturated heterocycles. The van der Waals surface area contributed by atoms with Crippen LogP contribution in [0.2, 0.25) is 0 Å². The Hall–Kier alpha value is -3.91. The largest absolute Gasteiger partial charge is 0.486 e. The molecule has 0 bridgehead atoms. The average molecular weight is 443 g/mol. The Labute approximate surface area is 186 Å². The second-order valence-electron chi connectivity index (χ2n) is 7.32. The van der Waals surface area contributed by atoms with Crippen molar-refractivity contribution >= 4 is 27.2 Å². The van der Waals surface area contributed by atoms with Gasteiger partial charge in [-0.05, 0) is 17.2 Å². The molecule has 6 rings (SSSR count). The van der Waals surface area contributed by atoms with E-state index >= 15 is 0 Å². The predicted octanol–water partition coefficient (Wildman–Crippen LogP) is 4.32. The number of benzene rings is 2. The van der Waals surface area contributed by atoms with Crippen molar-refractivity contribution in [3.63, 3.8) is 0 Å². The molecular weight excluding hydrogens is 426 g/mol. The molecule has 1 aliphatic rings. The molecule has 0 saturated carbocycles. The minimum atomic E-state index is -0.130. The minimum Gasteiger partial charge on any atom is -0.486 e. The van der Waals surface area contributed by atoms with Crippen LogP contribution in [0.15, 0.2) is 71.0 Å². The third-order valence-electron chi connectivity index (χ3n) is 5.26. The molecule has 0 radical (unpaired) electrons. The number of thiazole rings is 1. The van der Waals surface area contributed by atoms with Crippen LogP contribution in [0.5, 0.6) is 17.4 Å². The molecule has 0 aliphatic carbocycles. The molecule has 0 N–H and O–H groups in total. The average Bonchev–Trinajstić information content (AvgIpc) is 3.31. The van der Waals surface area contributed by atoms with Gasteiger partial charge >= 0.3 is 0 Å². The van der Waals surface area contributed by atoms with E-state index in [9.17, 15) is 4.79 Å². The number of pyridine rings is 1. The second kappa shape index (κ2) is 7.65. The van der Waals surface area contributed by atoms with Gasteiger partial charge in [0.15, 0.2) is 16.5 Å². The molecule has 5 aromatic rings. The van der Waals surface area contributed by atoms with E-state index in [-0.39, 0.29) is 12.2 Å². The zero-order chi connectivity index (χ0) is 21.5. The minimum absolute atomic E-state index is 0.130. The first-order valence-electron chi connectivity index (χ1n) is 10.1. The number of aromatic nitrogens is 3. The number of rotatable bonds is 4. The van der Waals surface area contributed by atoms with Crippen molar-refractivity contribution in [3.05, 3.63) is 82.2 Å². The number of fused-ring (bicyclic) bond motifs is 3. The van der Waals surface area contributed by atoms with Crippen LogP contribution in [0, 0.1) is 0 Å². The van der Waals surface area contributed by atoms with E-state index in [1.54, 1.807) is 6.20 Å². The molecule has 8 heteroatoms. The summed E-state index contributed by atoms with van der Waals surface area (Å²) in [4.78, 5) is 22.1. The second-order valence-corrected chi connectivity index (χ2v) is 8.19. The van der Waals surface area contributed by atoms with E-state index in [1.165, 1.54) is 21.8 Å². The van der Waals surface area contributed by atoms with Gasteiger partial charge in [0.1, 0.15) is 19.8 Å². The van der Waals surface area contributed by atoms with Gasteiger partial charge in [0.25, 0.3) is 5.56 Å². The van der Waals surface area contributed by atoms with Crippen LogP contribution in [0.1, 0.15) is 5.69 Å². The van der Waals surface area contributed by atoms with Crippen molar-refractivity contribution in [1.82, 2.24) is 14.4 Å². The lowest BCUT2D eigenvalue weighted by Crippen LogP contribution is -2.15. The predicted molar refractivity (Wildman–Crippen MR) is 122 cm³/mol. The van der Waals surface area contributed by atoms with Crippen LogP contribution >= 0.6 is 11.3 Å². The van der Waals surface area contributed by atoms with Crippen molar-refractivity contribution in [1.29, 1.82) is 0 Å². The van der Waals surface area contributed by atoms with E-state index in [2.05, 4.69) is 4.98 Å². The Kier molecular flexibility index (Phi) is 4.50. The first kappa shape index (κ1) is 18.8. The topological polar surface area (TPSA) is 75.0 Å². The number of nitrogens with zero attached hydrogens (tertiary/aromatic N) is 3. The number of hydrogen-bond acceptors (Lipinski definition) is 7. The highest BCUT2D eigenvalue weighted by atomic mass is 32.1. The lowest BCUT2D eigenvalue weighted by atomic mass is 10.0. The summed E-state index contributed by atoms with van der Waals surface area (Å²) < 4.78 is 19.0. The molecule has 32 heavy (non-hydrogen) atoms. The smallest absolute Gasteiger partial charge is 0.258 e. The van der Waals surface area contributed by atoms with E-state index in [0.717, 1.165) is 22.0 Å². The van der Waals surface area contributed by atoms with E-state index in [0.29, 0.717) is 41.2 Å². The van der Waals surface area contributed by atoms with E-state index in [1.807, 2.05) is 53.9 Å². The summed E-state index contributed by atoms with van der Waals surface area (Å²) in [6.45, 7) is 1.17. The molecule has 1 aliphatic heterocycles. The summed E-state index contributed by atoms with van der Waals surface area (Å²) in [5.74, 6) is 1.83. The van der Waals surface area contributed by atoms with Crippen LogP contribution < -0.4 is 19.8 Å². The molecule has 0 atom stereocenters. The van der Waals surface area contributed by atoms with Gasteiger partial charge in [0, 0.05) is 35.2 Å². The molecule has 0 fully saturated rings. The van der Waals surface area contributed by atoms with Gasteiger partial charge < -0.3 is 14.2 Å². The summed E-state index contributed by atoms with van der Waals surface area (Å²) in [6, 6.07) is 17.3. The molecule has 0 unspecified atom stereocenters. The summed E-state index contributed by atoms with van der Waals surface area (Å²) in [7, 11) is 0. The van der Waals surface area contributed by atoms with Crippen molar-refractivity contribution in [2.24, 2.45) is 0 Å². The standard InChI is InChI=1S/C24H17N3O4S/c28-23-10-16(25-24-27(23)6-9-32-24)14-31-22-12-17(15-4-2-1-3-5-15)18-11-20-21(13-19(18)26-22)30-8-7-29-20/h1-6,9-13H,7-8,14H2. The summed E-state index contributed by atoms with van der Waals surface area (Å²) >= 11 is 1.41. The van der Waals surface area contributed by atoms with Crippen LogP contribution in [0.3, 0.4) is 0 Å². The highest BCUT2D eigenvalue weighted by Crippen LogP contribution is 2.39. The normalized spacial score (nSPS) is 12.9. The van der Waals surface area contributed by atoms with Crippen molar-refractivity contribution in [2.75, 3.05) is 13.2 Å². The van der Waals surface area contributed by atoms with Crippen molar-refractivity contribution in [2.45, 2.75) is 6.61 Å². The molecule has 3 aromatic heterocycles. The molecule has 158 valence electrons. The number of ether oxygens (including phenoxy) is 3. The fraction of sp³-hybridized carbons (Fsp3) is 0.125. The quantitative estimate of drug-likeness (QED) is 0.412. The van der Waals surface area contributed by atoms with Gasteiger partial charge in [0.05, 0.1) is 11.2 Å². The first-order valence-corrected chi connectivity index (χ1v) is 11.0. The van der Waals surface area contributed by atoms with Crippen LogP contribution in [0.4, 0.5) is 0 Å². The molecule has 7 nitrogen and oxygen atoms in total. The zero-order valence-corrected chi connectivity index (χ0v) is 17.7. The van der Waals surface area contributed by atoms with Gasteiger partial charge in [-0.2, -0.15) is 0 Å². The lowest BCUT2D eigenvalue weighted by molar-refractivity contribution is 0.172. The monoisotopic (exact) mass is 443 g/mol. The maximum Gasteiger partial charge on any atom is 0.258 e. The van der Waals surface area contributed by atoms with E-state index < -0.39 is 0 Å². The Morgan fingerprint density at radius 3 is 2.66 bits per heavy atom. The van der Waals surface area contributed by atoms with Gasteiger partial charge in [-0.1, -0.05) is 30.3 Å². The highest BCUT2D eigenvalue weighted by molar-refractivity contribution is 7.15. The third kappa shape index (κ3) is 3.34. The van der Waals surface area contributed by atoms with E-state index in [4.69, 9.17) is 19.2 Å². The fourth-order valence-electron chi connectivity index (χ4n) is 3.78. The Bertz CT molecular complexity index is 1510. The maximum absolute atomic E-state index is 12.3. The number of hydrogen-bond donors (Lipinski definition) is 0. The molecule has 2 aromatic carbocycles. The maximum atomic E-state index is 12.3. The summed E-state index contributed by atoms with van der Waals surface area (Å²) in [6.07, 6.45) is 1.71. The SMILES string of the molecule is O=c1cc(COc2cc(-c3ccccc3)c3cc4c(cc3n2)OCCO4)nc2sccn12.